The lowest BCUT2D eigenvalue weighted by molar-refractivity contribution is -0.137. The molecule has 2 aliphatic rings. The van der Waals surface area contributed by atoms with Gasteiger partial charge in [-0.15, -0.1) is 0 Å². The highest BCUT2D eigenvalue weighted by Gasteiger charge is 2.30. The van der Waals surface area contributed by atoms with Gasteiger partial charge in [-0.3, -0.25) is 19.3 Å². The van der Waals surface area contributed by atoms with E-state index in [1.165, 1.54) is 6.08 Å². The molecule has 0 radical (unpaired) electrons. The minimum Gasteiger partial charge on any atom is -0.395 e. The van der Waals surface area contributed by atoms with Crippen LogP contribution in [0.3, 0.4) is 0 Å². The van der Waals surface area contributed by atoms with Gasteiger partial charge in [0.05, 0.1) is 13.2 Å². The average Bonchev–Trinajstić information content (AvgIpc) is 2.90. The van der Waals surface area contributed by atoms with Gasteiger partial charge in [-0.1, -0.05) is 6.92 Å². The molecule has 26 heavy (non-hydrogen) atoms. The third-order valence-electron chi connectivity index (χ3n) is 4.81. The van der Waals surface area contributed by atoms with E-state index >= 15 is 0 Å². The van der Waals surface area contributed by atoms with Crippen LogP contribution >= 0.6 is 0 Å². The Morgan fingerprint density at radius 2 is 1.85 bits per heavy atom. The Morgan fingerprint density at radius 1 is 1.19 bits per heavy atom. The summed E-state index contributed by atoms with van der Waals surface area (Å²) in [4.78, 5) is 39.3. The summed E-state index contributed by atoms with van der Waals surface area (Å²) in [6.45, 7) is 3.47. The Hall–Kier alpha value is -2.67. The molecular formula is C19H23N3O4. The number of aliphatic hydroxyl groups is 1. The van der Waals surface area contributed by atoms with Crippen LogP contribution in [0.1, 0.15) is 30.1 Å². The van der Waals surface area contributed by atoms with Gasteiger partial charge < -0.3 is 15.3 Å². The zero-order chi connectivity index (χ0) is 18.7. The average molecular weight is 357 g/mol. The molecule has 3 amide bonds. The third kappa shape index (κ3) is 3.77. The number of imide groups is 1. The van der Waals surface area contributed by atoms with E-state index in [0.29, 0.717) is 17.2 Å². The predicted octanol–water partition coefficient (Wildman–Crippen LogP) is 1.22. The van der Waals surface area contributed by atoms with Crippen LogP contribution in [0.15, 0.2) is 36.0 Å². The van der Waals surface area contributed by atoms with E-state index in [1.54, 1.807) is 24.3 Å². The zero-order valence-corrected chi connectivity index (χ0v) is 14.8. The second-order valence-corrected chi connectivity index (χ2v) is 6.75. The maximum absolute atomic E-state index is 12.5. The standard InChI is InChI=1S/C19H23N3O4/c1-13-6-8-21(9-7-13)18(25)14-2-4-15(5-3-14)20-16-12-17(24)22(10-11-23)19(16)26/h2-5,12-13,20,23H,6-11H2,1H3. The smallest absolute Gasteiger partial charge is 0.277 e. The van der Waals surface area contributed by atoms with Gasteiger partial charge in [0.15, 0.2) is 0 Å². The zero-order valence-electron chi connectivity index (χ0n) is 14.8. The largest absolute Gasteiger partial charge is 0.395 e. The summed E-state index contributed by atoms with van der Waals surface area (Å²) < 4.78 is 0. The summed E-state index contributed by atoms with van der Waals surface area (Å²) in [6, 6.07) is 6.87. The number of hydrogen-bond donors (Lipinski definition) is 2. The fourth-order valence-electron chi connectivity index (χ4n) is 3.16. The van der Waals surface area contributed by atoms with Gasteiger partial charge in [0.2, 0.25) is 0 Å². The number of nitrogens with one attached hydrogen (secondary N) is 1. The molecule has 7 heteroatoms. The number of likely N-dealkylation sites (tertiary alicyclic amines) is 1. The number of β-amino-alcohol motifs (C(OH)–C–C–N with tert-alkyl or cyclic N) is 1. The number of hydrogen-bond acceptors (Lipinski definition) is 5. The molecule has 1 fully saturated rings. The number of nitrogens with zero attached hydrogens (tertiary/aromatic N) is 2. The Labute approximate surface area is 152 Å². The fraction of sp³-hybridized carbons (Fsp3) is 0.421. The first-order valence-electron chi connectivity index (χ1n) is 8.84. The molecule has 7 nitrogen and oxygen atoms in total. The number of rotatable bonds is 5. The maximum atomic E-state index is 12.5. The van der Waals surface area contributed by atoms with E-state index in [2.05, 4.69) is 12.2 Å². The van der Waals surface area contributed by atoms with E-state index in [9.17, 15) is 14.4 Å². The predicted molar refractivity (Wildman–Crippen MR) is 96.3 cm³/mol. The van der Waals surface area contributed by atoms with Crippen LogP contribution in [0, 0.1) is 5.92 Å². The highest BCUT2D eigenvalue weighted by molar-refractivity contribution is 6.17. The van der Waals surface area contributed by atoms with E-state index in [1.807, 2.05) is 4.90 Å². The quantitative estimate of drug-likeness (QED) is 0.774. The highest BCUT2D eigenvalue weighted by atomic mass is 16.3. The molecule has 0 aliphatic carbocycles. The summed E-state index contributed by atoms with van der Waals surface area (Å²) in [5.41, 5.74) is 1.38. The fourth-order valence-corrected chi connectivity index (χ4v) is 3.16. The Balaban J connectivity index is 1.63. The molecule has 1 saturated heterocycles. The van der Waals surface area contributed by atoms with Crippen molar-refractivity contribution in [1.29, 1.82) is 0 Å². The first kappa shape index (κ1) is 18.1. The maximum Gasteiger partial charge on any atom is 0.277 e. The Bertz CT molecular complexity index is 734. The molecule has 0 bridgehead atoms. The van der Waals surface area contributed by atoms with Crippen LogP contribution in [0.2, 0.25) is 0 Å². The van der Waals surface area contributed by atoms with Crippen LogP contribution in [-0.2, 0) is 9.59 Å². The monoisotopic (exact) mass is 357 g/mol. The van der Waals surface area contributed by atoms with Crippen molar-refractivity contribution >= 4 is 23.4 Å². The molecule has 138 valence electrons. The van der Waals surface area contributed by atoms with Crippen LogP contribution in [0.4, 0.5) is 5.69 Å². The lowest BCUT2D eigenvalue weighted by Gasteiger charge is -2.30. The number of benzene rings is 1. The van der Waals surface area contributed by atoms with Crippen LogP contribution in [0.5, 0.6) is 0 Å². The van der Waals surface area contributed by atoms with Crippen LogP contribution in [-0.4, -0.2) is 58.9 Å². The summed E-state index contributed by atoms with van der Waals surface area (Å²) in [7, 11) is 0. The topological polar surface area (TPSA) is 90.0 Å². The molecule has 3 rings (SSSR count). The Morgan fingerprint density at radius 3 is 2.46 bits per heavy atom. The molecule has 1 aromatic rings. The molecule has 0 aromatic heterocycles. The molecular weight excluding hydrogens is 334 g/mol. The molecule has 2 heterocycles. The number of anilines is 1. The van der Waals surface area contributed by atoms with Gasteiger partial charge in [-0.25, -0.2) is 0 Å². The minimum absolute atomic E-state index is 0.0175. The van der Waals surface area contributed by atoms with Crippen molar-refractivity contribution in [3.05, 3.63) is 41.6 Å². The second-order valence-electron chi connectivity index (χ2n) is 6.75. The third-order valence-corrected chi connectivity index (χ3v) is 4.81. The first-order valence-corrected chi connectivity index (χ1v) is 8.84. The van der Waals surface area contributed by atoms with Crippen molar-refractivity contribution in [2.75, 3.05) is 31.6 Å². The van der Waals surface area contributed by atoms with E-state index in [4.69, 9.17) is 5.11 Å². The van der Waals surface area contributed by atoms with Gasteiger partial charge in [0, 0.05) is 30.4 Å². The molecule has 0 unspecified atom stereocenters. The normalized spacial score (nSPS) is 18.3. The summed E-state index contributed by atoms with van der Waals surface area (Å²) in [5, 5.41) is 11.8. The van der Waals surface area contributed by atoms with E-state index < -0.39 is 11.8 Å². The lowest BCUT2D eigenvalue weighted by Crippen LogP contribution is -2.37. The number of carbonyl (C=O) groups is 3. The number of piperidine rings is 1. The second kappa shape index (κ2) is 7.70. The van der Waals surface area contributed by atoms with Crippen LogP contribution < -0.4 is 5.32 Å². The number of aliphatic hydroxyl groups excluding tert-OH is 1. The Kier molecular flexibility index (Phi) is 5.37. The van der Waals surface area contributed by atoms with Gasteiger partial charge in [0.1, 0.15) is 5.70 Å². The van der Waals surface area contributed by atoms with Gasteiger partial charge in [-0.05, 0) is 43.0 Å². The summed E-state index contributed by atoms with van der Waals surface area (Å²) in [6.07, 6.45) is 3.27. The van der Waals surface area contributed by atoms with Gasteiger partial charge in [0.25, 0.3) is 17.7 Å². The van der Waals surface area contributed by atoms with Crippen LogP contribution in [0.25, 0.3) is 0 Å². The number of carbonyl (C=O) groups excluding carboxylic acids is 3. The summed E-state index contributed by atoms with van der Waals surface area (Å²) in [5.74, 6) is -0.232. The van der Waals surface area contributed by atoms with Gasteiger partial charge >= 0.3 is 0 Å². The lowest BCUT2D eigenvalue weighted by atomic mass is 9.98. The molecule has 2 N–H and O–H groups in total. The van der Waals surface area contributed by atoms with Crippen molar-refractivity contribution in [3.63, 3.8) is 0 Å². The molecule has 2 aliphatic heterocycles. The molecule has 0 spiro atoms. The van der Waals surface area contributed by atoms with Crippen molar-refractivity contribution in [2.24, 2.45) is 5.92 Å². The molecule has 1 aromatic carbocycles. The molecule has 0 saturated carbocycles. The van der Waals surface area contributed by atoms with Crippen molar-refractivity contribution < 1.29 is 19.5 Å². The number of amides is 3. The van der Waals surface area contributed by atoms with Crippen molar-refractivity contribution in [3.8, 4) is 0 Å². The highest BCUT2D eigenvalue weighted by Crippen LogP contribution is 2.21. The molecule has 0 atom stereocenters. The van der Waals surface area contributed by atoms with Gasteiger partial charge in [-0.2, -0.15) is 0 Å². The summed E-state index contributed by atoms with van der Waals surface area (Å²) >= 11 is 0. The first-order chi connectivity index (χ1) is 12.5. The minimum atomic E-state index is -0.466. The van der Waals surface area contributed by atoms with E-state index in [-0.39, 0.29) is 24.8 Å². The van der Waals surface area contributed by atoms with Crippen molar-refractivity contribution in [2.45, 2.75) is 19.8 Å². The van der Waals surface area contributed by atoms with Crippen molar-refractivity contribution in [1.82, 2.24) is 9.80 Å². The van der Waals surface area contributed by atoms with E-state index in [0.717, 1.165) is 30.8 Å². The SMILES string of the molecule is CC1CCN(C(=O)c2ccc(NC3=CC(=O)N(CCO)C3=O)cc2)CC1.